The number of benzene rings is 2. The van der Waals surface area contributed by atoms with Gasteiger partial charge < -0.3 is 5.32 Å². The Labute approximate surface area is 148 Å². The van der Waals surface area contributed by atoms with Crippen LogP contribution in [0, 0.1) is 6.92 Å². The van der Waals surface area contributed by atoms with Gasteiger partial charge in [0, 0.05) is 21.2 Å². The molecule has 1 fully saturated rings. The standard InChI is InChI=1S/C17H17BrClN3O/c1-10-8-13(6-7-14(10)18)20-17(23)16-9-15(21-22-16)11-2-4-12(19)5-3-11/h2-8,15-16,21-22H,9H2,1H3,(H,20,23). The largest absolute Gasteiger partial charge is 0.325 e. The minimum atomic E-state index is -0.278. The van der Waals surface area contributed by atoms with E-state index in [0.717, 1.165) is 21.3 Å². The van der Waals surface area contributed by atoms with Gasteiger partial charge in [-0.25, -0.2) is 10.9 Å². The lowest BCUT2D eigenvalue weighted by molar-refractivity contribution is -0.117. The van der Waals surface area contributed by atoms with Crippen LogP contribution in [0.5, 0.6) is 0 Å². The van der Waals surface area contributed by atoms with Gasteiger partial charge in [-0.05, 0) is 54.8 Å². The second kappa shape index (κ2) is 7.01. The Morgan fingerprint density at radius 3 is 2.65 bits per heavy atom. The van der Waals surface area contributed by atoms with E-state index in [1.165, 1.54) is 0 Å². The molecule has 2 aromatic carbocycles. The van der Waals surface area contributed by atoms with Crippen LogP contribution in [0.1, 0.15) is 23.6 Å². The highest BCUT2D eigenvalue weighted by Gasteiger charge is 2.30. The van der Waals surface area contributed by atoms with E-state index >= 15 is 0 Å². The molecule has 1 saturated heterocycles. The lowest BCUT2D eigenvalue weighted by atomic mass is 10.0. The zero-order valence-corrected chi connectivity index (χ0v) is 14.9. The smallest absolute Gasteiger partial charge is 0.242 e. The molecule has 0 bridgehead atoms. The van der Waals surface area contributed by atoms with E-state index in [4.69, 9.17) is 11.6 Å². The van der Waals surface area contributed by atoms with E-state index in [9.17, 15) is 4.79 Å². The molecule has 4 nitrogen and oxygen atoms in total. The van der Waals surface area contributed by atoms with Gasteiger partial charge in [0.2, 0.25) is 5.91 Å². The van der Waals surface area contributed by atoms with E-state index in [0.29, 0.717) is 11.4 Å². The summed E-state index contributed by atoms with van der Waals surface area (Å²) in [7, 11) is 0. The third kappa shape index (κ3) is 3.93. The summed E-state index contributed by atoms with van der Waals surface area (Å²) in [6, 6.07) is 13.2. The predicted molar refractivity (Wildman–Crippen MR) is 96.4 cm³/mol. The van der Waals surface area contributed by atoms with Crippen LogP contribution in [0.3, 0.4) is 0 Å². The van der Waals surface area contributed by atoms with Crippen LogP contribution in [-0.2, 0) is 4.79 Å². The van der Waals surface area contributed by atoms with Gasteiger partial charge in [-0.2, -0.15) is 0 Å². The van der Waals surface area contributed by atoms with Crippen molar-refractivity contribution in [3.63, 3.8) is 0 Å². The summed E-state index contributed by atoms with van der Waals surface area (Å²) >= 11 is 9.36. The van der Waals surface area contributed by atoms with Crippen LogP contribution in [0.25, 0.3) is 0 Å². The van der Waals surface area contributed by atoms with Crippen LogP contribution < -0.4 is 16.2 Å². The molecule has 0 saturated carbocycles. The monoisotopic (exact) mass is 393 g/mol. The number of hydrogen-bond donors (Lipinski definition) is 3. The number of halogens is 2. The van der Waals surface area contributed by atoms with Gasteiger partial charge in [-0.1, -0.05) is 39.7 Å². The number of hydrazine groups is 1. The Morgan fingerprint density at radius 1 is 1.22 bits per heavy atom. The molecule has 1 heterocycles. The molecule has 1 amide bonds. The van der Waals surface area contributed by atoms with E-state index < -0.39 is 0 Å². The summed E-state index contributed by atoms with van der Waals surface area (Å²) in [6.07, 6.45) is 0.684. The first-order valence-electron chi connectivity index (χ1n) is 7.36. The highest BCUT2D eigenvalue weighted by molar-refractivity contribution is 9.10. The Balaban J connectivity index is 1.63. The highest BCUT2D eigenvalue weighted by Crippen LogP contribution is 2.25. The van der Waals surface area contributed by atoms with Crippen molar-refractivity contribution in [1.82, 2.24) is 10.9 Å². The zero-order chi connectivity index (χ0) is 16.4. The first-order valence-corrected chi connectivity index (χ1v) is 8.53. The van der Waals surface area contributed by atoms with Crippen LogP contribution in [0.4, 0.5) is 5.69 Å². The molecule has 23 heavy (non-hydrogen) atoms. The molecule has 2 atom stereocenters. The van der Waals surface area contributed by atoms with Crippen LogP contribution in [0.2, 0.25) is 5.02 Å². The fourth-order valence-corrected chi connectivity index (χ4v) is 2.97. The first kappa shape index (κ1) is 16.5. The first-order chi connectivity index (χ1) is 11.0. The maximum atomic E-state index is 12.4. The molecule has 1 aliphatic heterocycles. The summed E-state index contributed by atoms with van der Waals surface area (Å²) in [5.74, 6) is -0.0457. The van der Waals surface area contributed by atoms with E-state index in [-0.39, 0.29) is 18.0 Å². The molecule has 0 spiro atoms. The fourth-order valence-electron chi connectivity index (χ4n) is 2.59. The Kier molecular flexibility index (Phi) is 5.02. The molecule has 1 aliphatic rings. The van der Waals surface area contributed by atoms with Crippen LogP contribution >= 0.6 is 27.5 Å². The summed E-state index contributed by atoms with van der Waals surface area (Å²) in [5, 5.41) is 3.66. The van der Waals surface area contributed by atoms with Gasteiger partial charge in [-0.15, -0.1) is 0 Å². The molecule has 120 valence electrons. The third-order valence-corrected chi connectivity index (χ3v) is 5.06. The van der Waals surface area contributed by atoms with Gasteiger partial charge in [0.05, 0.1) is 0 Å². The quantitative estimate of drug-likeness (QED) is 0.738. The molecular formula is C17H17BrClN3O. The summed E-state index contributed by atoms with van der Waals surface area (Å²) < 4.78 is 1.03. The molecule has 0 radical (unpaired) electrons. The van der Waals surface area contributed by atoms with Gasteiger partial charge >= 0.3 is 0 Å². The number of hydrogen-bond acceptors (Lipinski definition) is 3. The minimum Gasteiger partial charge on any atom is -0.325 e. The van der Waals surface area contributed by atoms with Crippen molar-refractivity contribution in [2.45, 2.75) is 25.4 Å². The van der Waals surface area contributed by atoms with Crippen molar-refractivity contribution in [1.29, 1.82) is 0 Å². The van der Waals surface area contributed by atoms with Crippen molar-refractivity contribution in [2.75, 3.05) is 5.32 Å². The molecule has 3 N–H and O–H groups in total. The fraction of sp³-hybridized carbons (Fsp3) is 0.235. The lowest BCUT2D eigenvalue weighted by Gasteiger charge is -2.11. The molecule has 0 aliphatic carbocycles. The number of amides is 1. The van der Waals surface area contributed by atoms with Crippen LogP contribution in [0.15, 0.2) is 46.9 Å². The molecule has 2 aromatic rings. The summed E-state index contributed by atoms with van der Waals surface area (Å²) in [6.45, 7) is 1.99. The average Bonchev–Trinajstić information content (AvgIpc) is 3.02. The third-order valence-electron chi connectivity index (χ3n) is 3.92. The number of anilines is 1. The number of rotatable bonds is 3. The topological polar surface area (TPSA) is 53.2 Å². The van der Waals surface area contributed by atoms with Crippen molar-refractivity contribution in [2.24, 2.45) is 0 Å². The SMILES string of the molecule is Cc1cc(NC(=O)C2CC(c3ccc(Cl)cc3)NN2)ccc1Br. The molecule has 3 rings (SSSR count). The van der Waals surface area contributed by atoms with E-state index in [2.05, 4.69) is 32.1 Å². The summed E-state index contributed by atoms with van der Waals surface area (Å²) in [5.41, 5.74) is 9.22. The predicted octanol–water partition coefficient (Wildman–Crippen LogP) is 3.96. The Hall–Kier alpha value is -1.40. The number of carbonyl (C=O) groups excluding carboxylic acids is 1. The maximum absolute atomic E-state index is 12.4. The molecule has 0 aromatic heterocycles. The molecule has 6 heteroatoms. The summed E-state index contributed by atoms with van der Waals surface area (Å²) in [4.78, 5) is 12.4. The zero-order valence-electron chi connectivity index (χ0n) is 12.6. The van der Waals surface area contributed by atoms with Gasteiger partial charge in [0.25, 0.3) is 0 Å². The minimum absolute atomic E-state index is 0.0457. The van der Waals surface area contributed by atoms with Crippen molar-refractivity contribution in [3.8, 4) is 0 Å². The van der Waals surface area contributed by atoms with Crippen molar-refractivity contribution in [3.05, 3.63) is 63.1 Å². The Morgan fingerprint density at radius 2 is 1.96 bits per heavy atom. The second-order valence-corrected chi connectivity index (χ2v) is 6.93. The number of carbonyl (C=O) groups is 1. The van der Waals surface area contributed by atoms with Gasteiger partial charge in [-0.3, -0.25) is 4.79 Å². The lowest BCUT2D eigenvalue weighted by Crippen LogP contribution is -2.39. The molecular weight excluding hydrogens is 378 g/mol. The van der Waals surface area contributed by atoms with Gasteiger partial charge in [0.1, 0.15) is 6.04 Å². The van der Waals surface area contributed by atoms with Crippen LogP contribution in [-0.4, -0.2) is 11.9 Å². The highest BCUT2D eigenvalue weighted by atomic mass is 79.9. The van der Waals surface area contributed by atoms with Crippen molar-refractivity contribution >= 4 is 39.1 Å². The number of nitrogens with one attached hydrogen (secondary N) is 3. The maximum Gasteiger partial charge on any atom is 0.242 e. The van der Waals surface area contributed by atoms with E-state index in [1.54, 1.807) is 0 Å². The normalized spacial score (nSPS) is 20.5. The van der Waals surface area contributed by atoms with E-state index in [1.807, 2.05) is 49.4 Å². The van der Waals surface area contributed by atoms with Crippen molar-refractivity contribution < 1.29 is 4.79 Å². The number of aryl methyl sites for hydroxylation is 1. The average molecular weight is 395 g/mol. The molecule has 2 unspecified atom stereocenters. The second-order valence-electron chi connectivity index (χ2n) is 5.63. The Bertz CT molecular complexity index is 720. The van der Waals surface area contributed by atoms with Gasteiger partial charge in [0.15, 0.2) is 0 Å².